The first-order valence-corrected chi connectivity index (χ1v) is 8.91. The van der Waals surface area contributed by atoms with E-state index in [-0.39, 0.29) is 17.1 Å². The van der Waals surface area contributed by atoms with E-state index in [0.29, 0.717) is 6.54 Å². The van der Waals surface area contributed by atoms with Crippen LogP contribution in [0.1, 0.15) is 31.4 Å². The first-order chi connectivity index (χ1) is 12.9. The van der Waals surface area contributed by atoms with E-state index in [1.807, 2.05) is 24.3 Å². The first-order valence-electron chi connectivity index (χ1n) is 8.91. The van der Waals surface area contributed by atoms with Crippen molar-refractivity contribution in [2.45, 2.75) is 32.2 Å². The van der Waals surface area contributed by atoms with Gasteiger partial charge in [-0.05, 0) is 41.2 Å². The van der Waals surface area contributed by atoms with Gasteiger partial charge in [-0.3, -0.25) is 4.79 Å². The molecule has 3 aromatic rings. The molecule has 1 fully saturated rings. The Morgan fingerprint density at radius 3 is 2.52 bits per heavy atom. The van der Waals surface area contributed by atoms with Crippen LogP contribution in [0, 0.1) is 11.2 Å². The van der Waals surface area contributed by atoms with E-state index in [0.717, 1.165) is 23.2 Å². The molecule has 5 nitrogen and oxygen atoms in total. The van der Waals surface area contributed by atoms with Crippen molar-refractivity contribution in [2.24, 2.45) is 5.41 Å². The van der Waals surface area contributed by atoms with E-state index in [2.05, 4.69) is 29.2 Å². The van der Waals surface area contributed by atoms with Crippen LogP contribution in [0.4, 0.5) is 4.39 Å². The zero-order chi connectivity index (χ0) is 19.1. The van der Waals surface area contributed by atoms with Crippen LogP contribution in [-0.4, -0.2) is 20.7 Å². The van der Waals surface area contributed by atoms with Gasteiger partial charge < -0.3 is 5.32 Å². The number of nitrogens with zero attached hydrogens (tertiary/aromatic N) is 3. The molecule has 4 rings (SSSR count). The molecule has 0 radical (unpaired) electrons. The minimum Gasteiger partial charge on any atom is -0.351 e. The fourth-order valence-corrected chi connectivity index (χ4v) is 3.91. The van der Waals surface area contributed by atoms with E-state index in [9.17, 15) is 9.18 Å². The lowest BCUT2D eigenvalue weighted by molar-refractivity contribution is -0.124. The van der Waals surface area contributed by atoms with Gasteiger partial charge in [0.15, 0.2) is 0 Å². The molecule has 0 spiro atoms. The number of aromatic nitrogens is 3. The van der Waals surface area contributed by atoms with Crippen LogP contribution in [0.25, 0.3) is 5.69 Å². The maximum Gasteiger partial charge on any atom is 0.231 e. The third-order valence-electron chi connectivity index (χ3n) is 5.56. The maximum atomic E-state index is 13.3. The molecule has 2 aromatic carbocycles. The fourth-order valence-electron chi connectivity index (χ4n) is 3.91. The lowest BCUT2D eigenvalue weighted by Crippen LogP contribution is -2.37. The van der Waals surface area contributed by atoms with Gasteiger partial charge in [0.1, 0.15) is 18.5 Å². The summed E-state index contributed by atoms with van der Waals surface area (Å²) in [6.07, 6.45) is 3.85. The Labute approximate surface area is 157 Å². The Kier molecular flexibility index (Phi) is 4.06. The number of amides is 1. The van der Waals surface area contributed by atoms with Gasteiger partial charge in [-0.1, -0.05) is 44.2 Å². The van der Waals surface area contributed by atoms with Crippen molar-refractivity contribution in [1.82, 2.24) is 20.1 Å². The largest absolute Gasteiger partial charge is 0.351 e. The van der Waals surface area contributed by atoms with E-state index >= 15 is 0 Å². The molecular formula is C21H21FN4O. The number of nitrogens with one attached hydrogen (secondary N) is 1. The zero-order valence-electron chi connectivity index (χ0n) is 15.3. The molecule has 1 aliphatic carbocycles. The number of carbonyl (C=O) groups is 1. The van der Waals surface area contributed by atoms with Gasteiger partial charge in [0.2, 0.25) is 5.91 Å². The van der Waals surface area contributed by atoms with Crippen molar-refractivity contribution in [3.05, 3.63) is 78.1 Å². The molecule has 0 aliphatic heterocycles. The predicted molar refractivity (Wildman–Crippen MR) is 99.7 cm³/mol. The highest BCUT2D eigenvalue weighted by atomic mass is 19.1. The molecule has 1 saturated carbocycles. The minimum atomic E-state index is -0.622. The number of halogens is 1. The summed E-state index contributed by atoms with van der Waals surface area (Å²) in [5, 5.41) is 7.25. The van der Waals surface area contributed by atoms with Crippen LogP contribution in [0.5, 0.6) is 0 Å². The lowest BCUT2D eigenvalue weighted by Gasteiger charge is -2.21. The molecule has 1 aliphatic rings. The summed E-state index contributed by atoms with van der Waals surface area (Å²) in [5.41, 5.74) is 1.89. The molecule has 1 amide bonds. The highest BCUT2D eigenvalue weighted by Gasteiger charge is 2.66. The van der Waals surface area contributed by atoms with Crippen molar-refractivity contribution in [2.75, 3.05) is 0 Å². The second kappa shape index (κ2) is 6.30. The molecule has 0 saturated heterocycles. The first kappa shape index (κ1) is 17.4. The Hall–Kier alpha value is -3.02. The van der Waals surface area contributed by atoms with Crippen molar-refractivity contribution >= 4 is 5.91 Å². The molecule has 1 atom stereocenters. The molecule has 27 heavy (non-hydrogen) atoms. The second-order valence-electron chi connectivity index (χ2n) is 7.62. The van der Waals surface area contributed by atoms with Gasteiger partial charge in [-0.25, -0.2) is 14.1 Å². The summed E-state index contributed by atoms with van der Waals surface area (Å²) in [6, 6.07) is 14.0. The van der Waals surface area contributed by atoms with Crippen LogP contribution < -0.4 is 5.32 Å². The van der Waals surface area contributed by atoms with Gasteiger partial charge in [-0.2, -0.15) is 5.10 Å². The van der Waals surface area contributed by atoms with E-state index in [1.165, 1.54) is 18.5 Å². The quantitative estimate of drug-likeness (QED) is 0.755. The Balaban J connectivity index is 1.57. The van der Waals surface area contributed by atoms with Gasteiger partial charge in [0, 0.05) is 6.54 Å². The molecule has 1 aromatic heterocycles. The van der Waals surface area contributed by atoms with Crippen molar-refractivity contribution in [3.8, 4) is 5.69 Å². The maximum absolute atomic E-state index is 13.3. The van der Waals surface area contributed by atoms with Crippen LogP contribution in [0.15, 0.2) is 61.2 Å². The monoisotopic (exact) mass is 364 g/mol. The summed E-state index contributed by atoms with van der Waals surface area (Å²) in [6.45, 7) is 4.52. The SMILES string of the molecule is CC1(C)C[C@@]1(C(=O)NCc1ccccc1-n1cncn1)c1ccc(F)cc1. The Morgan fingerprint density at radius 2 is 1.89 bits per heavy atom. The minimum absolute atomic E-state index is 0.0347. The second-order valence-corrected chi connectivity index (χ2v) is 7.62. The number of rotatable bonds is 5. The smallest absolute Gasteiger partial charge is 0.231 e. The molecule has 138 valence electrons. The number of hydrogen-bond acceptors (Lipinski definition) is 3. The van der Waals surface area contributed by atoms with Crippen LogP contribution in [0.2, 0.25) is 0 Å². The van der Waals surface area contributed by atoms with Crippen LogP contribution in [-0.2, 0) is 16.8 Å². The van der Waals surface area contributed by atoms with Crippen LogP contribution in [0.3, 0.4) is 0 Å². The van der Waals surface area contributed by atoms with Gasteiger partial charge in [0.25, 0.3) is 0 Å². The molecule has 1 heterocycles. The predicted octanol–water partition coefficient (Wildman–Crippen LogP) is 3.39. The van der Waals surface area contributed by atoms with E-state index in [1.54, 1.807) is 23.1 Å². The van der Waals surface area contributed by atoms with Gasteiger partial charge in [0.05, 0.1) is 11.1 Å². The Morgan fingerprint density at radius 1 is 1.19 bits per heavy atom. The van der Waals surface area contributed by atoms with E-state index < -0.39 is 5.41 Å². The van der Waals surface area contributed by atoms with Crippen molar-refractivity contribution in [1.29, 1.82) is 0 Å². The van der Waals surface area contributed by atoms with Crippen LogP contribution >= 0.6 is 0 Å². The standard InChI is InChI=1S/C21H21FN4O/c1-20(2)12-21(20,16-7-9-17(22)10-8-16)19(27)24-11-15-5-3-4-6-18(15)26-14-23-13-25-26/h3-10,13-14H,11-12H2,1-2H3,(H,24,27)/t21-/m0/s1. The molecule has 0 bridgehead atoms. The average Bonchev–Trinajstić information content (AvgIpc) is 3.00. The topological polar surface area (TPSA) is 59.8 Å². The summed E-state index contributed by atoms with van der Waals surface area (Å²) < 4.78 is 15.0. The highest BCUT2D eigenvalue weighted by molar-refractivity contribution is 5.93. The average molecular weight is 364 g/mol. The third-order valence-corrected chi connectivity index (χ3v) is 5.56. The fraction of sp³-hybridized carbons (Fsp3) is 0.286. The zero-order valence-corrected chi connectivity index (χ0v) is 15.3. The molecular weight excluding hydrogens is 343 g/mol. The summed E-state index contributed by atoms with van der Waals surface area (Å²) in [4.78, 5) is 17.1. The number of hydrogen-bond donors (Lipinski definition) is 1. The van der Waals surface area contributed by atoms with Gasteiger partial charge in [-0.15, -0.1) is 0 Å². The summed E-state index contributed by atoms with van der Waals surface area (Å²) >= 11 is 0. The highest BCUT2D eigenvalue weighted by Crippen LogP contribution is 2.64. The number of benzene rings is 2. The Bertz CT molecular complexity index is 966. The van der Waals surface area contributed by atoms with Crippen molar-refractivity contribution < 1.29 is 9.18 Å². The van der Waals surface area contributed by atoms with Gasteiger partial charge >= 0.3 is 0 Å². The number of para-hydroxylation sites is 1. The molecule has 1 N–H and O–H groups in total. The third kappa shape index (κ3) is 2.91. The van der Waals surface area contributed by atoms with E-state index in [4.69, 9.17) is 0 Å². The summed E-state index contributed by atoms with van der Waals surface area (Å²) in [7, 11) is 0. The molecule has 6 heteroatoms. The number of carbonyl (C=O) groups excluding carboxylic acids is 1. The van der Waals surface area contributed by atoms with Crippen molar-refractivity contribution in [3.63, 3.8) is 0 Å². The molecule has 0 unspecified atom stereocenters. The summed E-state index contributed by atoms with van der Waals surface area (Å²) in [5.74, 6) is -0.331. The normalized spacial score (nSPS) is 20.3. The lowest BCUT2D eigenvalue weighted by atomic mass is 9.87.